The van der Waals surface area contributed by atoms with Gasteiger partial charge in [0.05, 0.1) is 0 Å². The quantitative estimate of drug-likeness (QED) is 0.762. The van der Waals surface area contributed by atoms with Crippen LogP contribution in [0.4, 0.5) is 0 Å². The van der Waals surface area contributed by atoms with Crippen LogP contribution in [0.3, 0.4) is 0 Å². The van der Waals surface area contributed by atoms with E-state index in [1.165, 1.54) is 29.2 Å². The fourth-order valence-corrected chi connectivity index (χ4v) is 2.29. The Bertz CT molecular complexity index is 473. The molecule has 15 heavy (non-hydrogen) atoms. The van der Waals surface area contributed by atoms with Crippen LogP contribution in [0.25, 0.3) is 10.8 Å². The molecule has 1 saturated heterocycles. The zero-order valence-corrected chi connectivity index (χ0v) is 8.61. The van der Waals surface area contributed by atoms with Crippen LogP contribution < -0.4 is 5.32 Å². The molecule has 1 aliphatic rings. The van der Waals surface area contributed by atoms with Gasteiger partial charge in [-0.25, -0.2) is 0 Å². The lowest BCUT2D eigenvalue weighted by Crippen LogP contribution is -2.12. The summed E-state index contributed by atoms with van der Waals surface area (Å²) in [6.07, 6.45) is 6.32. The minimum Gasteiger partial charge on any atom is -0.310 e. The highest BCUT2D eigenvalue weighted by Crippen LogP contribution is 2.25. The summed E-state index contributed by atoms with van der Waals surface area (Å²) in [5.41, 5.74) is 1.40. The second-order valence-electron chi connectivity index (χ2n) is 4.13. The number of aromatic nitrogens is 1. The topological polar surface area (TPSA) is 24.9 Å². The highest BCUT2D eigenvalue weighted by Gasteiger charge is 2.15. The van der Waals surface area contributed by atoms with Gasteiger partial charge >= 0.3 is 0 Å². The van der Waals surface area contributed by atoms with Crippen LogP contribution in [0.15, 0.2) is 36.7 Å². The van der Waals surface area contributed by atoms with Crippen LogP contribution >= 0.6 is 0 Å². The van der Waals surface area contributed by atoms with E-state index >= 15 is 0 Å². The average molecular weight is 198 g/mol. The summed E-state index contributed by atoms with van der Waals surface area (Å²) in [6, 6.07) is 9.28. The Morgan fingerprint density at radius 1 is 1.20 bits per heavy atom. The molecule has 1 N–H and O–H groups in total. The van der Waals surface area contributed by atoms with Gasteiger partial charge in [0.25, 0.3) is 0 Å². The molecule has 76 valence electrons. The summed E-state index contributed by atoms with van der Waals surface area (Å²) in [6.45, 7) is 1.15. The molecule has 0 aliphatic carbocycles. The van der Waals surface area contributed by atoms with Crippen molar-refractivity contribution in [1.29, 1.82) is 0 Å². The molecule has 0 saturated carbocycles. The second kappa shape index (κ2) is 3.63. The summed E-state index contributed by atoms with van der Waals surface area (Å²) < 4.78 is 0. The maximum absolute atomic E-state index is 4.16. The van der Waals surface area contributed by atoms with E-state index in [0.29, 0.717) is 6.04 Å². The Labute approximate surface area is 89.3 Å². The standard InChI is InChI=1S/C13H14N2/c1-2-13(15-6-1)11-4-3-10-5-7-14-9-12(10)8-11/h3-5,7-9,13,15H,1-2,6H2. The van der Waals surface area contributed by atoms with Crippen molar-refractivity contribution in [3.8, 4) is 0 Å². The summed E-state index contributed by atoms with van der Waals surface area (Å²) >= 11 is 0. The third-order valence-electron chi connectivity index (χ3n) is 3.13. The number of rotatable bonds is 1. The van der Waals surface area contributed by atoms with Gasteiger partial charge < -0.3 is 5.32 Å². The molecule has 0 amide bonds. The van der Waals surface area contributed by atoms with Gasteiger partial charge in [-0.15, -0.1) is 0 Å². The molecule has 0 radical (unpaired) electrons. The van der Waals surface area contributed by atoms with Crippen LogP contribution in [-0.2, 0) is 0 Å². The van der Waals surface area contributed by atoms with Crippen molar-refractivity contribution in [3.63, 3.8) is 0 Å². The Morgan fingerprint density at radius 2 is 2.20 bits per heavy atom. The SMILES string of the molecule is c1cc2ccc(C3CCCN3)cc2cn1. The molecular formula is C13H14N2. The van der Waals surface area contributed by atoms with Crippen molar-refractivity contribution in [2.45, 2.75) is 18.9 Å². The minimum atomic E-state index is 0.551. The van der Waals surface area contributed by atoms with Gasteiger partial charge in [0.2, 0.25) is 0 Å². The molecule has 0 bridgehead atoms. The largest absolute Gasteiger partial charge is 0.310 e. The average Bonchev–Trinajstić information content (AvgIpc) is 2.82. The highest BCUT2D eigenvalue weighted by molar-refractivity contribution is 5.82. The van der Waals surface area contributed by atoms with Gasteiger partial charge in [0.15, 0.2) is 0 Å². The van der Waals surface area contributed by atoms with Gasteiger partial charge in [0, 0.05) is 23.8 Å². The summed E-state index contributed by atoms with van der Waals surface area (Å²) in [4.78, 5) is 4.16. The Balaban J connectivity index is 2.05. The Morgan fingerprint density at radius 3 is 3.07 bits per heavy atom. The van der Waals surface area contributed by atoms with E-state index in [2.05, 4.69) is 34.6 Å². The monoisotopic (exact) mass is 198 g/mol. The van der Waals surface area contributed by atoms with Crippen LogP contribution in [0, 0.1) is 0 Å². The lowest BCUT2D eigenvalue weighted by Gasteiger charge is -2.11. The highest BCUT2D eigenvalue weighted by atomic mass is 14.9. The maximum Gasteiger partial charge on any atom is 0.0346 e. The van der Waals surface area contributed by atoms with Crippen molar-refractivity contribution in [2.24, 2.45) is 0 Å². The lowest BCUT2D eigenvalue weighted by molar-refractivity contribution is 0.648. The first-order valence-electron chi connectivity index (χ1n) is 5.50. The molecule has 1 unspecified atom stereocenters. The van der Waals surface area contributed by atoms with Crippen molar-refractivity contribution < 1.29 is 0 Å². The zero-order valence-electron chi connectivity index (χ0n) is 8.61. The molecule has 1 fully saturated rings. The number of hydrogen-bond donors (Lipinski definition) is 1. The maximum atomic E-state index is 4.16. The van der Waals surface area contributed by atoms with Crippen molar-refractivity contribution >= 4 is 10.8 Å². The smallest absolute Gasteiger partial charge is 0.0346 e. The van der Waals surface area contributed by atoms with E-state index < -0.39 is 0 Å². The van der Waals surface area contributed by atoms with E-state index in [9.17, 15) is 0 Å². The van der Waals surface area contributed by atoms with Crippen LogP contribution in [0.2, 0.25) is 0 Å². The molecule has 2 heteroatoms. The normalized spacial score (nSPS) is 20.9. The molecule has 1 aromatic heterocycles. The molecule has 1 aliphatic heterocycles. The fraction of sp³-hybridized carbons (Fsp3) is 0.308. The molecule has 1 aromatic carbocycles. The molecular weight excluding hydrogens is 184 g/mol. The third-order valence-corrected chi connectivity index (χ3v) is 3.13. The molecule has 2 aromatic rings. The Hall–Kier alpha value is -1.41. The summed E-state index contributed by atoms with van der Waals surface area (Å²) in [7, 11) is 0. The van der Waals surface area contributed by atoms with Crippen molar-refractivity contribution in [2.75, 3.05) is 6.54 Å². The van der Waals surface area contributed by atoms with Gasteiger partial charge in [0.1, 0.15) is 0 Å². The summed E-state index contributed by atoms with van der Waals surface area (Å²) in [5.74, 6) is 0. The molecule has 2 nitrogen and oxygen atoms in total. The fourth-order valence-electron chi connectivity index (χ4n) is 2.29. The first-order valence-corrected chi connectivity index (χ1v) is 5.50. The lowest BCUT2D eigenvalue weighted by atomic mass is 10.0. The number of fused-ring (bicyclic) bond motifs is 1. The van der Waals surface area contributed by atoms with E-state index in [1.54, 1.807) is 0 Å². The van der Waals surface area contributed by atoms with Crippen molar-refractivity contribution in [1.82, 2.24) is 10.3 Å². The zero-order chi connectivity index (χ0) is 10.1. The van der Waals surface area contributed by atoms with Crippen LogP contribution in [0.1, 0.15) is 24.4 Å². The van der Waals surface area contributed by atoms with Gasteiger partial charge in [-0.3, -0.25) is 4.98 Å². The van der Waals surface area contributed by atoms with Crippen molar-refractivity contribution in [3.05, 3.63) is 42.2 Å². The van der Waals surface area contributed by atoms with Crippen LogP contribution in [-0.4, -0.2) is 11.5 Å². The predicted molar refractivity (Wildman–Crippen MR) is 61.7 cm³/mol. The number of nitrogens with one attached hydrogen (secondary N) is 1. The van der Waals surface area contributed by atoms with Gasteiger partial charge in [-0.2, -0.15) is 0 Å². The molecule has 0 spiro atoms. The predicted octanol–water partition coefficient (Wildman–Crippen LogP) is 2.66. The first kappa shape index (κ1) is 8.86. The molecule has 2 heterocycles. The van der Waals surface area contributed by atoms with Gasteiger partial charge in [-0.05, 0) is 42.5 Å². The summed E-state index contributed by atoms with van der Waals surface area (Å²) in [5, 5.41) is 6.03. The second-order valence-corrected chi connectivity index (χ2v) is 4.13. The van der Waals surface area contributed by atoms with E-state index in [0.717, 1.165) is 6.54 Å². The van der Waals surface area contributed by atoms with E-state index in [4.69, 9.17) is 0 Å². The molecule has 3 rings (SSSR count). The molecule has 1 atom stereocenters. The van der Waals surface area contributed by atoms with Crippen LogP contribution in [0.5, 0.6) is 0 Å². The first-order chi connectivity index (χ1) is 7.43. The third kappa shape index (κ3) is 1.61. The van der Waals surface area contributed by atoms with Gasteiger partial charge in [-0.1, -0.05) is 12.1 Å². The van der Waals surface area contributed by atoms with E-state index in [1.807, 2.05) is 12.4 Å². The number of pyridine rings is 1. The Kier molecular flexibility index (Phi) is 2.14. The minimum absolute atomic E-state index is 0.551. The number of hydrogen-bond acceptors (Lipinski definition) is 2. The van der Waals surface area contributed by atoms with E-state index in [-0.39, 0.29) is 0 Å². The number of nitrogens with zero attached hydrogens (tertiary/aromatic N) is 1. The number of benzene rings is 1.